The first-order valence-electron chi connectivity index (χ1n) is 7.09. The fourth-order valence-corrected chi connectivity index (χ4v) is 2.39. The summed E-state index contributed by atoms with van der Waals surface area (Å²) in [5, 5.41) is 3.06. The van der Waals surface area contributed by atoms with Gasteiger partial charge in [0.15, 0.2) is 0 Å². The number of carbonyl (C=O) groups is 1. The molecule has 0 radical (unpaired) electrons. The second kappa shape index (κ2) is 8.00. The third-order valence-electron chi connectivity index (χ3n) is 3.51. The Morgan fingerprint density at radius 1 is 1.30 bits per heavy atom. The Morgan fingerprint density at radius 3 is 2.35 bits per heavy atom. The molecule has 1 aromatic rings. The van der Waals surface area contributed by atoms with Crippen LogP contribution in [0.3, 0.4) is 0 Å². The number of rotatable bonds is 7. The quantitative estimate of drug-likeness (QED) is 0.760. The van der Waals surface area contributed by atoms with E-state index < -0.39 is 5.92 Å². The van der Waals surface area contributed by atoms with E-state index in [1.54, 1.807) is 0 Å². The van der Waals surface area contributed by atoms with Crippen LogP contribution in [0.5, 0.6) is 0 Å². The maximum absolute atomic E-state index is 12.4. The van der Waals surface area contributed by atoms with Gasteiger partial charge in [-0.2, -0.15) is 0 Å². The van der Waals surface area contributed by atoms with Crippen LogP contribution in [0.25, 0.3) is 0 Å². The van der Waals surface area contributed by atoms with Gasteiger partial charge in [0, 0.05) is 6.04 Å². The zero-order chi connectivity index (χ0) is 15.1. The molecule has 2 unspecified atom stereocenters. The van der Waals surface area contributed by atoms with Crippen LogP contribution in [0.15, 0.2) is 30.3 Å². The maximum Gasteiger partial charge on any atom is 0.230 e. The van der Waals surface area contributed by atoms with Gasteiger partial charge in [-0.15, -0.1) is 0 Å². The molecular formula is C16H24N2OS. The lowest BCUT2D eigenvalue weighted by molar-refractivity contribution is -0.124. The van der Waals surface area contributed by atoms with Gasteiger partial charge in [0.1, 0.15) is 0 Å². The lowest BCUT2D eigenvalue weighted by atomic mass is 9.96. The van der Waals surface area contributed by atoms with Crippen molar-refractivity contribution in [2.45, 2.75) is 39.7 Å². The van der Waals surface area contributed by atoms with E-state index in [2.05, 4.69) is 26.1 Å². The van der Waals surface area contributed by atoms with Gasteiger partial charge < -0.3 is 11.1 Å². The molecule has 0 aromatic heterocycles. The van der Waals surface area contributed by atoms with E-state index in [4.69, 9.17) is 18.0 Å². The molecule has 0 saturated carbocycles. The molecule has 0 heterocycles. The summed E-state index contributed by atoms with van der Waals surface area (Å²) in [4.78, 5) is 12.6. The Balaban J connectivity index is 2.76. The highest BCUT2D eigenvalue weighted by molar-refractivity contribution is 7.80. The van der Waals surface area contributed by atoms with Crippen LogP contribution < -0.4 is 11.1 Å². The molecule has 4 heteroatoms. The number of nitrogens with two attached hydrogens (primary N) is 1. The summed E-state index contributed by atoms with van der Waals surface area (Å²) in [6, 6.07) is 9.98. The van der Waals surface area contributed by atoms with E-state index in [0.29, 0.717) is 12.3 Å². The number of nitrogens with one attached hydrogen (secondary N) is 1. The van der Waals surface area contributed by atoms with E-state index in [9.17, 15) is 4.79 Å². The summed E-state index contributed by atoms with van der Waals surface area (Å²) >= 11 is 5.06. The van der Waals surface area contributed by atoms with Crippen LogP contribution in [0, 0.1) is 11.8 Å². The van der Waals surface area contributed by atoms with Crippen molar-refractivity contribution in [1.29, 1.82) is 0 Å². The zero-order valence-corrected chi connectivity index (χ0v) is 13.2. The second-order valence-corrected chi connectivity index (χ2v) is 5.88. The smallest absolute Gasteiger partial charge is 0.230 e. The van der Waals surface area contributed by atoms with Crippen LogP contribution in [0.1, 0.15) is 32.8 Å². The third kappa shape index (κ3) is 4.93. The molecule has 0 fully saturated rings. The van der Waals surface area contributed by atoms with Crippen LogP contribution >= 0.6 is 12.2 Å². The molecule has 0 bridgehead atoms. The molecule has 0 saturated heterocycles. The van der Waals surface area contributed by atoms with Gasteiger partial charge in [0.2, 0.25) is 5.91 Å². The highest BCUT2D eigenvalue weighted by atomic mass is 32.1. The Labute approximate surface area is 126 Å². The number of benzene rings is 1. The summed E-state index contributed by atoms with van der Waals surface area (Å²) in [5.41, 5.74) is 6.82. The molecule has 1 rings (SSSR count). The van der Waals surface area contributed by atoms with Crippen LogP contribution in [0.2, 0.25) is 0 Å². The molecule has 0 spiro atoms. The Morgan fingerprint density at radius 2 is 1.90 bits per heavy atom. The summed E-state index contributed by atoms with van der Waals surface area (Å²) in [7, 11) is 0. The number of hydrogen-bond donors (Lipinski definition) is 2. The molecule has 0 aliphatic rings. The van der Waals surface area contributed by atoms with E-state index in [0.717, 1.165) is 12.0 Å². The van der Waals surface area contributed by atoms with Crippen molar-refractivity contribution in [2.24, 2.45) is 17.6 Å². The van der Waals surface area contributed by atoms with Crippen molar-refractivity contribution >= 4 is 23.1 Å². The predicted octanol–water partition coefficient (Wildman–Crippen LogP) is 2.68. The topological polar surface area (TPSA) is 55.1 Å². The average molecular weight is 292 g/mol. The van der Waals surface area contributed by atoms with Gasteiger partial charge in [-0.25, -0.2) is 0 Å². The highest BCUT2D eigenvalue weighted by Gasteiger charge is 2.24. The molecular weight excluding hydrogens is 268 g/mol. The average Bonchev–Trinajstić information content (AvgIpc) is 2.42. The Hall–Kier alpha value is -1.42. The van der Waals surface area contributed by atoms with Gasteiger partial charge >= 0.3 is 0 Å². The van der Waals surface area contributed by atoms with Gasteiger partial charge in [-0.3, -0.25) is 4.79 Å². The Kier molecular flexibility index (Phi) is 6.65. The molecule has 0 aliphatic heterocycles. The number of thiocarbonyl (C=S) groups is 1. The maximum atomic E-state index is 12.4. The summed E-state index contributed by atoms with van der Waals surface area (Å²) in [5.74, 6) is -0.116. The van der Waals surface area contributed by atoms with Gasteiger partial charge in [0.25, 0.3) is 0 Å². The van der Waals surface area contributed by atoms with Crippen molar-refractivity contribution in [2.75, 3.05) is 0 Å². The molecule has 1 amide bonds. The minimum Gasteiger partial charge on any atom is -0.393 e. The fraction of sp³-hybridized carbons (Fsp3) is 0.500. The minimum atomic E-state index is -0.444. The molecule has 0 aliphatic carbocycles. The van der Waals surface area contributed by atoms with Crippen molar-refractivity contribution in [3.8, 4) is 0 Å². The molecule has 3 N–H and O–H groups in total. The van der Waals surface area contributed by atoms with Gasteiger partial charge in [-0.1, -0.05) is 63.3 Å². The third-order valence-corrected chi connectivity index (χ3v) is 3.80. The van der Waals surface area contributed by atoms with Gasteiger partial charge in [-0.05, 0) is 24.3 Å². The number of hydrogen-bond acceptors (Lipinski definition) is 2. The van der Waals surface area contributed by atoms with Crippen LogP contribution in [0.4, 0.5) is 0 Å². The zero-order valence-electron chi connectivity index (χ0n) is 12.4. The van der Waals surface area contributed by atoms with E-state index in [1.165, 1.54) is 0 Å². The number of carbonyl (C=O) groups excluding carboxylic acids is 1. The molecule has 20 heavy (non-hydrogen) atoms. The standard InChI is InChI=1S/C16H24N2OS/c1-4-14(11(2)3)18-16(19)13(15(17)20)10-12-8-6-5-7-9-12/h5-9,11,13-14H,4,10H2,1-3H3,(H2,17,20)(H,18,19). The first-order chi connectivity index (χ1) is 9.45. The van der Waals surface area contributed by atoms with E-state index in [1.807, 2.05) is 30.3 Å². The second-order valence-electron chi connectivity index (χ2n) is 5.41. The van der Waals surface area contributed by atoms with Crippen molar-refractivity contribution < 1.29 is 4.79 Å². The largest absolute Gasteiger partial charge is 0.393 e. The molecule has 1 aromatic carbocycles. The molecule has 2 atom stereocenters. The van der Waals surface area contributed by atoms with Crippen LogP contribution in [-0.2, 0) is 11.2 Å². The normalized spacial score (nSPS) is 13.8. The molecule has 3 nitrogen and oxygen atoms in total. The lowest BCUT2D eigenvalue weighted by Gasteiger charge is -2.24. The SMILES string of the molecule is CCC(NC(=O)C(Cc1ccccc1)C(N)=S)C(C)C. The first kappa shape index (κ1) is 16.6. The summed E-state index contributed by atoms with van der Waals surface area (Å²) in [6.07, 6.45) is 1.45. The molecule has 110 valence electrons. The van der Waals surface area contributed by atoms with E-state index in [-0.39, 0.29) is 16.9 Å². The highest BCUT2D eigenvalue weighted by Crippen LogP contribution is 2.12. The van der Waals surface area contributed by atoms with Crippen molar-refractivity contribution in [1.82, 2.24) is 5.32 Å². The number of amides is 1. The lowest BCUT2D eigenvalue weighted by Crippen LogP contribution is -2.45. The fourth-order valence-electron chi connectivity index (χ4n) is 2.20. The van der Waals surface area contributed by atoms with E-state index >= 15 is 0 Å². The van der Waals surface area contributed by atoms with Crippen molar-refractivity contribution in [3.05, 3.63) is 35.9 Å². The Bertz CT molecular complexity index is 445. The predicted molar refractivity (Wildman–Crippen MR) is 87.5 cm³/mol. The van der Waals surface area contributed by atoms with Crippen molar-refractivity contribution in [3.63, 3.8) is 0 Å². The minimum absolute atomic E-state index is 0.0677. The van der Waals surface area contributed by atoms with Crippen LogP contribution in [-0.4, -0.2) is 16.9 Å². The summed E-state index contributed by atoms with van der Waals surface area (Å²) in [6.45, 7) is 6.26. The summed E-state index contributed by atoms with van der Waals surface area (Å²) < 4.78 is 0. The first-order valence-corrected chi connectivity index (χ1v) is 7.50. The van der Waals surface area contributed by atoms with Gasteiger partial charge in [0.05, 0.1) is 10.9 Å². The monoisotopic (exact) mass is 292 g/mol.